The molecule has 0 aliphatic carbocycles. The molecule has 1 aromatic heterocycles. The van der Waals surface area contributed by atoms with Crippen LogP contribution in [0.4, 0.5) is 0 Å². The van der Waals surface area contributed by atoms with Gasteiger partial charge in [0.1, 0.15) is 0 Å². The lowest BCUT2D eigenvalue weighted by molar-refractivity contribution is 0.207. The maximum absolute atomic E-state index is 5.83. The number of nitrogens with zero attached hydrogens (tertiary/aromatic N) is 1. The third-order valence-corrected chi connectivity index (χ3v) is 4.01. The molecule has 0 fully saturated rings. The molecule has 0 amide bonds. The van der Waals surface area contributed by atoms with Crippen LogP contribution in [0.5, 0.6) is 0 Å². The zero-order valence-electron chi connectivity index (χ0n) is 10.6. The molecule has 2 N–H and O–H groups in total. The molecule has 0 saturated heterocycles. The van der Waals surface area contributed by atoms with Crippen LogP contribution in [-0.4, -0.2) is 24.5 Å². The van der Waals surface area contributed by atoms with Crippen molar-refractivity contribution >= 4 is 11.3 Å². The quantitative estimate of drug-likeness (QED) is 0.794. The molecule has 1 aromatic rings. The number of hydrogen-bond donors (Lipinski definition) is 1. The Labute approximate surface area is 103 Å². The van der Waals surface area contributed by atoms with Gasteiger partial charge in [-0.05, 0) is 36.4 Å². The van der Waals surface area contributed by atoms with Gasteiger partial charge >= 0.3 is 0 Å². The summed E-state index contributed by atoms with van der Waals surface area (Å²) in [6.07, 6.45) is 0. The Balaban J connectivity index is 2.48. The van der Waals surface area contributed by atoms with Gasteiger partial charge in [0, 0.05) is 18.0 Å². The van der Waals surface area contributed by atoms with Gasteiger partial charge in [-0.15, -0.1) is 11.3 Å². The van der Waals surface area contributed by atoms with Crippen LogP contribution in [0.3, 0.4) is 0 Å². The summed E-state index contributed by atoms with van der Waals surface area (Å²) in [5.74, 6) is 1.28. The third kappa shape index (κ3) is 4.24. The molecule has 0 aliphatic rings. The Morgan fingerprint density at radius 3 is 2.62 bits per heavy atom. The fourth-order valence-corrected chi connectivity index (χ4v) is 2.56. The average Bonchev–Trinajstić information content (AvgIpc) is 2.76. The standard InChI is InChI=1S/C13H24N2S/c1-4-15(9-12(8-14)11(2)3)10-13-6-5-7-16-13/h5-7,11-12H,4,8-10,14H2,1-3H3. The van der Waals surface area contributed by atoms with E-state index in [2.05, 4.69) is 43.2 Å². The van der Waals surface area contributed by atoms with E-state index in [1.807, 2.05) is 11.3 Å². The van der Waals surface area contributed by atoms with Crippen LogP contribution in [0.1, 0.15) is 25.6 Å². The molecule has 1 unspecified atom stereocenters. The highest BCUT2D eigenvalue weighted by atomic mass is 32.1. The minimum absolute atomic E-state index is 0.611. The molecule has 1 rings (SSSR count). The van der Waals surface area contributed by atoms with Crippen LogP contribution < -0.4 is 5.73 Å². The fourth-order valence-electron chi connectivity index (χ4n) is 1.82. The first-order valence-corrected chi connectivity index (χ1v) is 7.00. The predicted molar refractivity (Wildman–Crippen MR) is 72.7 cm³/mol. The topological polar surface area (TPSA) is 29.3 Å². The first-order chi connectivity index (χ1) is 7.67. The van der Waals surface area contributed by atoms with E-state index in [0.717, 1.165) is 26.2 Å². The molecule has 1 heterocycles. The molecule has 1 atom stereocenters. The van der Waals surface area contributed by atoms with Gasteiger partial charge in [-0.25, -0.2) is 0 Å². The smallest absolute Gasteiger partial charge is 0.0327 e. The molecule has 3 heteroatoms. The van der Waals surface area contributed by atoms with Crippen molar-refractivity contribution in [3.63, 3.8) is 0 Å². The van der Waals surface area contributed by atoms with E-state index >= 15 is 0 Å². The Hall–Kier alpha value is -0.380. The lowest BCUT2D eigenvalue weighted by Crippen LogP contribution is -2.35. The molecule has 0 bridgehead atoms. The summed E-state index contributed by atoms with van der Waals surface area (Å²) >= 11 is 1.84. The first-order valence-electron chi connectivity index (χ1n) is 6.12. The van der Waals surface area contributed by atoms with Gasteiger partial charge in [-0.2, -0.15) is 0 Å². The summed E-state index contributed by atoms with van der Waals surface area (Å²) in [7, 11) is 0. The maximum atomic E-state index is 5.83. The van der Waals surface area contributed by atoms with E-state index in [0.29, 0.717) is 11.8 Å². The maximum Gasteiger partial charge on any atom is 0.0327 e. The van der Waals surface area contributed by atoms with Crippen molar-refractivity contribution < 1.29 is 0 Å². The highest BCUT2D eigenvalue weighted by Gasteiger charge is 2.15. The van der Waals surface area contributed by atoms with E-state index in [1.54, 1.807) is 0 Å². The van der Waals surface area contributed by atoms with Crippen molar-refractivity contribution in [3.05, 3.63) is 22.4 Å². The van der Waals surface area contributed by atoms with Crippen molar-refractivity contribution in [1.82, 2.24) is 4.90 Å². The van der Waals surface area contributed by atoms with Crippen molar-refractivity contribution in [2.75, 3.05) is 19.6 Å². The van der Waals surface area contributed by atoms with E-state index in [4.69, 9.17) is 5.73 Å². The Morgan fingerprint density at radius 1 is 1.44 bits per heavy atom. The highest BCUT2D eigenvalue weighted by Crippen LogP contribution is 2.16. The molecule has 0 spiro atoms. The molecule has 0 aromatic carbocycles. The minimum atomic E-state index is 0.611. The van der Waals surface area contributed by atoms with Gasteiger partial charge in [-0.3, -0.25) is 4.90 Å². The zero-order chi connectivity index (χ0) is 12.0. The van der Waals surface area contributed by atoms with Gasteiger partial charge in [0.2, 0.25) is 0 Å². The van der Waals surface area contributed by atoms with Gasteiger partial charge in [0.25, 0.3) is 0 Å². The molecular formula is C13H24N2S. The van der Waals surface area contributed by atoms with E-state index < -0.39 is 0 Å². The fraction of sp³-hybridized carbons (Fsp3) is 0.692. The van der Waals surface area contributed by atoms with Crippen molar-refractivity contribution in [3.8, 4) is 0 Å². The second-order valence-electron chi connectivity index (χ2n) is 4.65. The van der Waals surface area contributed by atoms with E-state index in [1.165, 1.54) is 4.88 Å². The van der Waals surface area contributed by atoms with Gasteiger partial charge in [0.15, 0.2) is 0 Å². The molecule has 2 nitrogen and oxygen atoms in total. The lowest BCUT2D eigenvalue weighted by Gasteiger charge is -2.27. The summed E-state index contributed by atoms with van der Waals surface area (Å²) in [5.41, 5.74) is 5.83. The second kappa shape index (κ2) is 7.05. The van der Waals surface area contributed by atoms with Crippen LogP contribution in [0.25, 0.3) is 0 Å². The first kappa shape index (κ1) is 13.7. The number of nitrogens with two attached hydrogens (primary N) is 1. The normalized spacial score (nSPS) is 13.6. The minimum Gasteiger partial charge on any atom is -0.330 e. The monoisotopic (exact) mass is 240 g/mol. The predicted octanol–water partition coefficient (Wildman–Crippen LogP) is 2.80. The van der Waals surface area contributed by atoms with Gasteiger partial charge in [-0.1, -0.05) is 26.8 Å². The molecule has 16 heavy (non-hydrogen) atoms. The Kier molecular flexibility index (Phi) is 6.03. The van der Waals surface area contributed by atoms with E-state index in [9.17, 15) is 0 Å². The zero-order valence-corrected chi connectivity index (χ0v) is 11.5. The molecule has 0 radical (unpaired) electrons. The van der Waals surface area contributed by atoms with Crippen LogP contribution >= 0.6 is 11.3 Å². The van der Waals surface area contributed by atoms with Crippen molar-refractivity contribution in [2.24, 2.45) is 17.6 Å². The van der Waals surface area contributed by atoms with Crippen LogP contribution in [0, 0.1) is 11.8 Å². The molecule has 92 valence electrons. The lowest BCUT2D eigenvalue weighted by atomic mass is 9.95. The van der Waals surface area contributed by atoms with Gasteiger partial charge < -0.3 is 5.73 Å². The van der Waals surface area contributed by atoms with Crippen LogP contribution in [0.15, 0.2) is 17.5 Å². The highest BCUT2D eigenvalue weighted by molar-refractivity contribution is 7.09. The Bertz CT molecular complexity index is 269. The number of hydrogen-bond acceptors (Lipinski definition) is 3. The molecule has 0 aliphatic heterocycles. The van der Waals surface area contributed by atoms with Gasteiger partial charge in [0.05, 0.1) is 0 Å². The SMILES string of the molecule is CCN(Cc1cccs1)CC(CN)C(C)C. The Morgan fingerprint density at radius 2 is 2.19 bits per heavy atom. The average molecular weight is 240 g/mol. The summed E-state index contributed by atoms with van der Waals surface area (Å²) in [6.45, 7) is 10.8. The largest absolute Gasteiger partial charge is 0.330 e. The second-order valence-corrected chi connectivity index (χ2v) is 5.68. The summed E-state index contributed by atoms with van der Waals surface area (Å²) in [4.78, 5) is 3.94. The number of rotatable bonds is 7. The van der Waals surface area contributed by atoms with Crippen molar-refractivity contribution in [1.29, 1.82) is 0 Å². The summed E-state index contributed by atoms with van der Waals surface area (Å²) in [5, 5.41) is 2.14. The summed E-state index contributed by atoms with van der Waals surface area (Å²) < 4.78 is 0. The van der Waals surface area contributed by atoms with Crippen LogP contribution in [0.2, 0.25) is 0 Å². The number of thiophene rings is 1. The van der Waals surface area contributed by atoms with Crippen molar-refractivity contribution in [2.45, 2.75) is 27.3 Å². The molecule has 0 saturated carbocycles. The molecular weight excluding hydrogens is 216 g/mol. The summed E-state index contributed by atoms with van der Waals surface area (Å²) in [6, 6.07) is 4.33. The van der Waals surface area contributed by atoms with E-state index in [-0.39, 0.29) is 0 Å². The third-order valence-electron chi connectivity index (χ3n) is 3.15. The van der Waals surface area contributed by atoms with Crippen LogP contribution in [-0.2, 0) is 6.54 Å².